The Bertz CT molecular complexity index is 983. The summed E-state index contributed by atoms with van der Waals surface area (Å²) in [5.74, 6) is 1.25. The molecule has 0 saturated carbocycles. The number of ether oxygens (including phenoxy) is 1. The van der Waals surface area contributed by atoms with Crippen molar-refractivity contribution in [3.8, 4) is 11.8 Å². The van der Waals surface area contributed by atoms with Crippen molar-refractivity contribution in [2.75, 3.05) is 5.32 Å². The molecule has 1 heterocycles. The summed E-state index contributed by atoms with van der Waals surface area (Å²) in [6.07, 6.45) is 0. The van der Waals surface area contributed by atoms with Crippen LogP contribution in [0.1, 0.15) is 47.2 Å². The highest BCUT2D eigenvalue weighted by atomic mass is 16.5. The molecule has 2 aromatic carbocycles. The van der Waals surface area contributed by atoms with Crippen LogP contribution in [0.2, 0.25) is 0 Å². The third-order valence-corrected chi connectivity index (χ3v) is 4.07. The molecule has 0 aliphatic heterocycles. The second-order valence-electron chi connectivity index (χ2n) is 6.40. The number of hydrogen-bond donors (Lipinski definition) is 1. The molecule has 27 heavy (non-hydrogen) atoms. The highest BCUT2D eigenvalue weighted by Gasteiger charge is 2.13. The minimum absolute atomic E-state index is 0.134. The number of benzene rings is 2. The molecule has 3 aromatic rings. The Balaban J connectivity index is 1.64. The van der Waals surface area contributed by atoms with E-state index in [1.54, 1.807) is 36.4 Å². The van der Waals surface area contributed by atoms with E-state index < -0.39 is 0 Å². The van der Waals surface area contributed by atoms with Gasteiger partial charge in [0.15, 0.2) is 5.76 Å². The predicted molar refractivity (Wildman–Crippen MR) is 103 cm³/mol. The van der Waals surface area contributed by atoms with E-state index in [4.69, 9.17) is 14.4 Å². The standard InChI is InChI=1S/C22H20N2O3/c1-15(2)16-7-5-8-18(12-16)24-22(25)21-11-10-19(27-21)14-26-20-9-4-3-6-17(20)13-23/h3-12,15H,14H2,1-2H3,(H,24,25). The van der Waals surface area contributed by atoms with Crippen molar-refractivity contribution >= 4 is 11.6 Å². The molecule has 1 amide bonds. The average Bonchev–Trinajstić information content (AvgIpc) is 3.16. The molecule has 5 heteroatoms. The summed E-state index contributed by atoms with van der Waals surface area (Å²) in [5, 5.41) is 11.9. The number of hydrogen-bond acceptors (Lipinski definition) is 4. The van der Waals surface area contributed by atoms with Crippen LogP contribution >= 0.6 is 0 Å². The van der Waals surface area contributed by atoms with E-state index in [9.17, 15) is 4.79 Å². The first-order valence-corrected chi connectivity index (χ1v) is 8.69. The number of anilines is 1. The number of nitrogens with zero attached hydrogens (tertiary/aromatic N) is 1. The number of carbonyl (C=O) groups excluding carboxylic acids is 1. The van der Waals surface area contributed by atoms with Crippen LogP contribution in [0.15, 0.2) is 65.1 Å². The molecule has 5 nitrogen and oxygen atoms in total. The maximum atomic E-state index is 12.4. The molecule has 0 fully saturated rings. The second kappa shape index (κ2) is 8.24. The van der Waals surface area contributed by atoms with Crippen LogP contribution in [-0.2, 0) is 6.61 Å². The minimum Gasteiger partial charge on any atom is -0.484 e. The zero-order chi connectivity index (χ0) is 19.2. The maximum Gasteiger partial charge on any atom is 0.291 e. The lowest BCUT2D eigenvalue weighted by atomic mass is 10.0. The van der Waals surface area contributed by atoms with Crippen LogP contribution in [0, 0.1) is 11.3 Å². The predicted octanol–water partition coefficient (Wildman–Crippen LogP) is 5.11. The molecule has 0 aliphatic rings. The Morgan fingerprint density at radius 1 is 1.15 bits per heavy atom. The molecular weight excluding hydrogens is 340 g/mol. The van der Waals surface area contributed by atoms with Gasteiger partial charge < -0.3 is 14.5 Å². The number of amides is 1. The highest BCUT2D eigenvalue weighted by Crippen LogP contribution is 2.21. The fourth-order valence-electron chi connectivity index (χ4n) is 2.58. The molecule has 1 N–H and O–H groups in total. The topological polar surface area (TPSA) is 75.3 Å². The van der Waals surface area contributed by atoms with Crippen LogP contribution in [-0.4, -0.2) is 5.91 Å². The maximum absolute atomic E-state index is 12.4. The number of nitrogens with one attached hydrogen (secondary N) is 1. The molecule has 0 spiro atoms. The van der Waals surface area contributed by atoms with Crippen LogP contribution in [0.25, 0.3) is 0 Å². The summed E-state index contributed by atoms with van der Waals surface area (Å²) < 4.78 is 11.2. The van der Waals surface area contributed by atoms with Gasteiger partial charge >= 0.3 is 0 Å². The van der Waals surface area contributed by atoms with E-state index in [2.05, 4.69) is 25.2 Å². The number of furan rings is 1. The molecule has 0 atom stereocenters. The average molecular weight is 360 g/mol. The third kappa shape index (κ3) is 4.56. The summed E-state index contributed by atoms with van der Waals surface area (Å²) in [4.78, 5) is 12.4. The van der Waals surface area contributed by atoms with Gasteiger partial charge in [0.25, 0.3) is 5.91 Å². The summed E-state index contributed by atoms with van der Waals surface area (Å²) in [6, 6.07) is 20.1. The lowest BCUT2D eigenvalue weighted by Gasteiger charge is -2.08. The first-order chi connectivity index (χ1) is 13.1. The van der Waals surface area contributed by atoms with E-state index in [0.717, 1.165) is 11.3 Å². The van der Waals surface area contributed by atoms with Gasteiger partial charge in [0.1, 0.15) is 24.2 Å². The lowest BCUT2D eigenvalue weighted by molar-refractivity contribution is 0.0992. The first kappa shape index (κ1) is 18.3. The summed E-state index contributed by atoms with van der Waals surface area (Å²) >= 11 is 0. The van der Waals surface area contributed by atoms with E-state index in [1.807, 2.05) is 24.3 Å². The van der Waals surface area contributed by atoms with Gasteiger partial charge in [-0.15, -0.1) is 0 Å². The Morgan fingerprint density at radius 3 is 2.74 bits per heavy atom. The fourth-order valence-corrected chi connectivity index (χ4v) is 2.58. The third-order valence-electron chi connectivity index (χ3n) is 4.07. The Hall–Kier alpha value is -3.52. The van der Waals surface area contributed by atoms with Gasteiger partial charge in [-0.1, -0.05) is 38.1 Å². The number of nitriles is 1. The van der Waals surface area contributed by atoms with Crippen molar-refractivity contribution in [1.29, 1.82) is 5.26 Å². The molecule has 136 valence electrons. The summed E-state index contributed by atoms with van der Waals surface area (Å²) in [5.41, 5.74) is 2.33. The number of rotatable bonds is 6. The second-order valence-corrected chi connectivity index (χ2v) is 6.40. The molecule has 0 radical (unpaired) electrons. The first-order valence-electron chi connectivity index (χ1n) is 8.69. The summed E-state index contributed by atoms with van der Waals surface area (Å²) in [6.45, 7) is 4.34. The molecule has 1 aromatic heterocycles. The van der Waals surface area contributed by atoms with E-state index >= 15 is 0 Å². The van der Waals surface area contributed by atoms with Crippen LogP contribution in [0.3, 0.4) is 0 Å². The van der Waals surface area contributed by atoms with Gasteiger partial charge in [-0.25, -0.2) is 0 Å². The van der Waals surface area contributed by atoms with E-state index in [0.29, 0.717) is 23.0 Å². The van der Waals surface area contributed by atoms with Crippen molar-refractivity contribution < 1.29 is 13.9 Å². The monoisotopic (exact) mass is 360 g/mol. The normalized spacial score (nSPS) is 10.4. The van der Waals surface area contributed by atoms with Crippen molar-refractivity contribution in [3.63, 3.8) is 0 Å². The Kier molecular flexibility index (Phi) is 5.58. The number of carbonyl (C=O) groups is 1. The van der Waals surface area contributed by atoms with Crippen molar-refractivity contribution in [2.45, 2.75) is 26.4 Å². The zero-order valence-electron chi connectivity index (χ0n) is 15.2. The molecule has 0 saturated heterocycles. The van der Waals surface area contributed by atoms with Gasteiger partial charge in [0.05, 0.1) is 5.56 Å². The van der Waals surface area contributed by atoms with Crippen LogP contribution in [0.4, 0.5) is 5.69 Å². The van der Waals surface area contributed by atoms with Gasteiger partial charge in [-0.3, -0.25) is 4.79 Å². The van der Waals surface area contributed by atoms with Gasteiger partial charge in [0.2, 0.25) is 0 Å². The molecule has 0 bridgehead atoms. The van der Waals surface area contributed by atoms with E-state index in [1.165, 1.54) is 0 Å². The van der Waals surface area contributed by atoms with Gasteiger partial charge in [-0.2, -0.15) is 5.26 Å². The van der Waals surface area contributed by atoms with Crippen molar-refractivity contribution in [2.24, 2.45) is 0 Å². The molecular formula is C22H20N2O3. The Morgan fingerprint density at radius 2 is 1.96 bits per heavy atom. The van der Waals surface area contributed by atoms with Gasteiger partial charge in [-0.05, 0) is 47.9 Å². The van der Waals surface area contributed by atoms with Crippen molar-refractivity contribution in [3.05, 3.63) is 83.3 Å². The Labute approximate surface area is 158 Å². The highest BCUT2D eigenvalue weighted by molar-refractivity contribution is 6.02. The van der Waals surface area contributed by atoms with Crippen molar-refractivity contribution in [1.82, 2.24) is 0 Å². The smallest absolute Gasteiger partial charge is 0.291 e. The minimum atomic E-state index is -0.320. The number of para-hydroxylation sites is 1. The van der Waals surface area contributed by atoms with E-state index in [-0.39, 0.29) is 18.3 Å². The largest absolute Gasteiger partial charge is 0.484 e. The molecule has 0 unspecified atom stereocenters. The van der Waals surface area contributed by atoms with Crippen LogP contribution < -0.4 is 10.1 Å². The fraction of sp³-hybridized carbons (Fsp3) is 0.182. The SMILES string of the molecule is CC(C)c1cccc(NC(=O)c2ccc(COc3ccccc3C#N)o2)c1. The van der Waals surface area contributed by atoms with Crippen LogP contribution in [0.5, 0.6) is 5.75 Å². The quantitative estimate of drug-likeness (QED) is 0.663. The van der Waals surface area contributed by atoms with Gasteiger partial charge in [0, 0.05) is 5.69 Å². The zero-order valence-corrected chi connectivity index (χ0v) is 15.2. The summed E-state index contributed by atoms with van der Waals surface area (Å²) in [7, 11) is 0. The molecule has 0 aliphatic carbocycles. The lowest BCUT2D eigenvalue weighted by Crippen LogP contribution is -2.11. The molecule has 3 rings (SSSR count).